The summed E-state index contributed by atoms with van der Waals surface area (Å²) >= 11 is 0. The number of benzene rings is 2. The lowest BCUT2D eigenvalue weighted by molar-refractivity contribution is -0.116. The minimum atomic E-state index is -0.421. The van der Waals surface area contributed by atoms with Gasteiger partial charge in [0, 0.05) is 43.2 Å². The summed E-state index contributed by atoms with van der Waals surface area (Å²) in [6.07, 6.45) is 2.06. The lowest BCUT2D eigenvalue weighted by atomic mass is 9.75. The molecule has 1 atom stereocenters. The molecule has 0 saturated heterocycles. The second-order valence-electron chi connectivity index (χ2n) is 8.14. The summed E-state index contributed by atoms with van der Waals surface area (Å²) in [4.78, 5) is 17.1. The normalized spacial score (nSPS) is 18.9. The van der Waals surface area contributed by atoms with Crippen LogP contribution in [0.25, 0.3) is 0 Å². The Kier molecular flexibility index (Phi) is 5.09. The van der Waals surface area contributed by atoms with Crippen molar-refractivity contribution in [2.75, 3.05) is 23.9 Å². The average Bonchev–Trinajstić information content (AvgIpc) is 2.74. The number of hydrogen-bond donors (Lipinski definition) is 1. The lowest BCUT2D eigenvalue weighted by Gasteiger charge is -2.39. The highest BCUT2D eigenvalue weighted by atomic mass is 16.1. The monoisotopic (exact) mass is 398 g/mol. The molecular weight excluding hydrogens is 372 g/mol. The molecule has 0 saturated carbocycles. The largest absolute Gasteiger partial charge is 0.384 e. The van der Waals surface area contributed by atoms with Gasteiger partial charge in [0.15, 0.2) is 5.78 Å². The number of nitriles is 1. The molecule has 0 amide bonds. The second-order valence-corrected chi connectivity index (χ2v) is 8.14. The van der Waals surface area contributed by atoms with Crippen LogP contribution >= 0.6 is 0 Å². The molecule has 1 aliphatic heterocycles. The Hall–Kier alpha value is -3.52. The molecule has 2 aliphatic rings. The fourth-order valence-electron chi connectivity index (χ4n) is 4.37. The van der Waals surface area contributed by atoms with E-state index in [2.05, 4.69) is 6.07 Å². The van der Waals surface area contributed by atoms with Crippen molar-refractivity contribution < 1.29 is 4.79 Å². The van der Waals surface area contributed by atoms with Gasteiger partial charge in [-0.2, -0.15) is 5.26 Å². The number of carbonyl (C=O) groups excluding carboxylic acids is 1. The van der Waals surface area contributed by atoms with Gasteiger partial charge in [-0.25, -0.2) is 0 Å². The van der Waals surface area contributed by atoms with E-state index in [1.165, 1.54) is 0 Å². The summed E-state index contributed by atoms with van der Waals surface area (Å²) in [5.41, 5.74) is 12.7. The molecular formula is C25H26N4O. The fourth-order valence-corrected chi connectivity index (χ4v) is 4.37. The van der Waals surface area contributed by atoms with Crippen LogP contribution in [0.2, 0.25) is 0 Å². The van der Waals surface area contributed by atoms with Gasteiger partial charge in [0.25, 0.3) is 0 Å². The zero-order valence-corrected chi connectivity index (χ0v) is 17.6. The minimum Gasteiger partial charge on any atom is -0.384 e. The fraction of sp³-hybridized carbons (Fsp3) is 0.280. The highest BCUT2D eigenvalue weighted by molar-refractivity contribution is 6.01. The molecule has 0 radical (unpaired) electrons. The van der Waals surface area contributed by atoms with Gasteiger partial charge < -0.3 is 10.6 Å². The molecule has 0 bridgehead atoms. The number of carbonyl (C=O) groups is 1. The predicted molar refractivity (Wildman–Crippen MR) is 120 cm³/mol. The molecule has 152 valence electrons. The van der Waals surface area contributed by atoms with Crippen LogP contribution in [0, 0.1) is 18.3 Å². The molecule has 1 unspecified atom stereocenters. The molecule has 2 aromatic carbocycles. The third-order valence-electron chi connectivity index (χ3n) is 5.95. The van der Waals surface area contributed by atoms with E-state index in [1.807, 2.05) is 79.3 Å². The molecule has 5 heteroatoms. The first-order valence-electron chi connectivity index (χ1n) is 10.2. The summed E-state index contributed by atoms with van der Waals surface area (Å²) in [7, 11) is 3.97. The quantitative estimate of drug-likeness (QED) is 0.831. The number of rotatable bonds is 3. The molecule has 0 spiro atoms. The van der Waals surface area contributed by atoms with Crippen LogP contribution in [-0.2, 0) is 4.79 Å². The van der Waals surface area contributed by atoms with E-state index in [9.17, 15) is 10.1 Å². The molecule has 1 aliphatic carbocycles. The van der Waals surface area contributed by atoms with Crippen molar-refractivity contribution in [2.45, 2.75) is 32.1 Å². The number of hydrogen-bond acceptors (Lipinski definition) is 5. The van der Waals surface area contributed by atoms with E-state index >= 15 is 0 Å². The summed E-state index contributed by atoms with van der Waals surface area (Å²) in [6.45, 7) is 2.03. The topological polar surface area (TPSA) is 73.4 Å². The van der Waals surface area contributed by atoms with E-state index in [1.54, 1.807) is 0 Å². The average molecular weight is 399 g/mol. The summed E-state index contributed by atoms with van der Waals surface area (Å²) in [6, 6.07) is 18.4. The first-order chi connectivity index (χ1) is 14.4. The number of aryl methyl sites for hydroxylation is 1. The number of anilines is 2. The Balaban J connectivity index is 1.91. The summed E-state index contributed by atoms with van der Waals surface area (Å²) < 4.78 is 0. The van der Waals surface area contributed by atoms with Crippen molar-refractivity contribution in [1.29, 1.82) is 5.26 Å². The number of nitrogens with two attached hydrogens (primary N) is 1. The molecule has 2 N–H and O–H groups in total. The van der Waals surface area contributed by atoms with Crippen molar-refractivity contribution >= 4 is 17.2 Å². The molecule has 5 nitrogen and oxygen atoms in total. The van der Waals surface area contributed by atoms with Crippen molar-refractivity contribution in [1.82, 2.24) is 0 Å². The molecule has 0 fully saturated rings. The third-order valence-corrected chi connectivity index (χ3v) is 5.95. The van der Waals surface area contributed by atoms with Crippen molar-refractivity contribution in [3.8, 4) is 6.07 Å². The van der Waals surface area contributed by atoms with Crippen LogP contribution in [0.5, 0.6) is 0 Å². The van der Waals surface area contributed by atoms with Gasteiger partial charge in [0.05, 0.1) is 17.6 Å². The smallest absolute Gasteiger partial charge is 0.161 e. The van der Waals surface area contributed by atoms with Crippen LogP contribution in [0.1, 0.15) is 36.3 Å². The van der Waals surface area contributed by atoms with Gasteiger partial charge in [0.2, 0.25) is 0 Å². The van der Waals surface area contributed by atoms with E-state index < -0.39 is 5.92 Å². The summed E-state index contributed by atoms with van der Waals surface area (Å²) in [5, 5.41) is 10.1. The maximum Gasteiger partial charge on any atom is 0.161 e. The van der Waals surface area contributed by atoms with E-state index in [0.29, 0.717) is 23.4 Å². The lowest BCUT2D eigenvalue weighted by Crippen LogP contribution is -2.38. The third kappa shape index (κ3) is 3.25. The van der Waals surface area contributed by atoms with Crippen LogP contribution in [0.3, 0.4) is 0 Å². The van der Waals surface area contributed by atoms with Crippen LogP contribution in [0.4, 0.5) is 11.4 Å². The minimum absolute atomic E-state index is 0.107. The summed E-state index contributed by atoms with van der Waals surface area (Å²) in [5.74, 6) is 0.0995. The Labute approximate surface area is 177 Å². The van der Waals surface area contributed by atoms with E-state index in [0.717, 1.165) is 41.0 Å². The van der Waals surface area contributed by atoms with Gasteiger partial charge in [-0.05, 0) is 49.6 Å². The van der Waals surface area contributed by atoms with Crippen LogP contribution < -0.4 is 15.5 Å². The Morgan fingerprint density at radius 1 is 1.07 bits per heavy atom. The highest BCUT2D eigenvalue weighted by Gasteiger charge is 2.40. The van der Waals surface area contributed by atoms with Crippen LogP contribution in [-0.4, -0.2) is 19.9 Å². The van der Waals surface area contributed by atoms with E-state index in [-0.39, 0.29) is 5.78 Å². The first kappa shape index (κ1) is 19.8. The maximum absolute atomic E-state index is 13.1. The van der Waals surface area contributed by atoms with Gasteiger partial charge in [-0.1, -0.05) is 29.8 Å². The van der Waals surface area contributed by atoms with Gasteiger partial charge >= 0.3 is 0 Å². The Morgan fingerprint density at radius 2 is 1.73 bits per heavy atom. The molecule has 4 rings (SSSR count). The Morgan fingerprint density at radius 3 is 2.33 bits per heavy atom. The van der Waals surface area contributed by atoms with Crippen LogP contribution in [0.15, 0.2) is 71.2 Å². The zero-order valence-electron chi connectivity index (χ0n) is 17.6. The predicted octanol–water partition coefficient (Wildman–Crippen LogP) is 4.37. The number of ketones is 1. The number of allylic oxidation sites excluding steroid dienone is 3. The standard InChI is InChI=1S/C25H26N4O/c1-16-7-11-19(12-8-16)29-21-5-4-6-22(30)24(21)23(20(15-26)25(29)27)17-9-13-18(14-10-17)28(2)3/h7-14,23H,4-6,27H2,1-3H3. The van der Waals surface area contributed by atoms with Crippen molar-refractivity contribution in [3.63, 3.8) is 0 Å². The number of nitrogens with zero attached hydrogens (tertiary/aromatic N) is 3. The van der Waals surface area contributed by atoms with E-state index in [4.69, 9.17) is 5.73 Å². The molecule has 0 aromatic heterocycles. The van der Waals surface area contributed by atoms with Gasteiger partial charge in [0.1, 0.15) is 5.82 Å². The first-order valence-corrected chi connectivity index (χ1v) is 10.2. The maximum atomic E-state index is 13.1. The van der Waals surface area contributed by atoms with Gasteiger partial charge in [-0.15, -0.1) is 0 Å². The van der Waals surface area contributed by atoms with Crippen molar-refractivity contribution in [2.24, 2.45) is 5.73 Å². The molecule has 30 heavy (non-hydrogen) atoms. The second kappa shape index (κ2) is 7.72. The zero-order chi connectivity index (χ0) is 21.4. The Bertz CT molecular complexity index is 1090. The molecule has 1 heterocycles. The van der Waals surface area contributed by atoms with Gasteiger partial charge in [-0.3, -0.25) is 9.69 Å². The number of Topliss-reactive ketones (excluding diaryl/α,β-unsaturated/α-hetero) is 1. The molecule has 2 aromatic rings. The SMILES string of the molecule is Cc1ccc(N2C(N)=C(C#N)C(c3ccc(N(C)C)cc3)C3=C2CCCC3=O)cc1. The van der Waals surface area contributed by atoms with Crippen molar-refractivity contribution in [3.05, 3.63) is 82.3 Å². The highest BCUT2D eigenvalue weighted by Crippen LogP contribution is 2.46.